The zero-order valence-electron chi connectivity index (χ0n) is 18.0. The number of aromatic nitrogens is 2. The number of nitrogens with zero attached hydrogens (tertiary/aromatic N) is 5. The van der Waals surface area contributed by atoms with Gasteiger partial charge < -0.3 is 4.74 Å². The van der Waals surface area contributed by atoms with E-state index < -0.39 is 20.9 Å². The Kier molecular flexibility index (Phi) is 6.40. The number of nitro benzene ring substituents is 1. The third-order valence-electron chi connectivity index (χ3n) is 5.50. The summed E-state index contributed by atoms with van der Waals surface area (Å²) < 4.78 is 34.1. The Morgan fingerprint density at radius 2 is 1.82 bits per heavy atom. The molecule has 0 saturated carbocycles. The molecule has 0 radical (unpaired) electrons. The minimum Gasteiger partial charge on any atom is -0.462 e. The number of rotatable bonds is 7. The van der Waals surface area contributed by atoms with Gasteiger partial charge in [-0.3, -0.25) is 19.7 Å². The molecule has 1 aliphatic heterocycles. The summed E-state index contributed by atoms with van der Waals surface area (Å²) in [6, 6.07) is 10.3. The van der Waals surface area contributed by atoms with E-state index in [0.29, 0.717) is 43.8 Å². The highest BCUT2D eigenvalue weighted by molar-refractivity contribution is 7.89. The molecule has 0 spiro atoms. The molecule has 33 heavy (non-hydrogen) atoms. The molecule has 1 saturated heterocycles. The van der Waals surface area contributed by atoms with Crippen molar-refractivity contribution in [3.05, 3.63) is 64.3 Å². The van der Waals surface area contributed by atoms with Gasteiger partial charge in [-0.25, -0.2) is 13.2 Å². The van der Waals surface area contributed by atoms with Crippen molar-refractivity contribution in [3.63, 3.8) is 0 Å². The lowest BCUT2D eigenvalue weighted by atomic mass is 10.2. The molecule has 0 N–H and O–H groups in total. The number of fused-ring (bicyclic) bond motifs is 1. The van der Waals surface area contributed by atoms with Gasteiger partial charge in [0.1, 0.15) is 0 Å². The van der Waals surface area contributed by atoms with Gasteiger partial charge in [0.25, 0.3) is 5.69 Å². The maximum Gasteiger partial charge on any atom is 0.338 e. The molecule has 0 unspecified atom stereocenters. The standard InChI is InChI=1S/C21H23N5O6S/c1-2-32-21(27)16-3-6-19(7-4-16)33(30,31)24-11-9-23(10-12-24)15-25-20-8-5-18(26(28)29)13-17(20)14-22-25/h3-8,13-14H,2,9-12,15H2,1H3. The molecular formula is C21H23N5O6S. The fraction of sp³-hybridized carbons (Fsp3) is 0.333. The van der Waals surface area contributed by atoms with Crippen LogP contribution in [0.4, 0.5) is 5.69 Å². The summed E-state index contributed by atoms with van der Waals surface area (Å²) in [6.45, 7) is 4.04. The van der Waals surface area contributed by atoms with Crippen LogP contribution in [-0.2, 0) is 21.4 Å². The van der Waals surface area contributed by atoms with Crippen molar-refractivity contribution in [3.8, 4) is 0 Å². The van der Waals surface area contributed by atoms with Gasteiger partial charge >= 0.3 is 5.97 Å². The van der Waals surface area contributed by atoms with Gasteiger partial charge in [0.15, 0.2) is 0 Å². The van der Waals surface area contributed by atoms with Crippen LogP contribution in [-0.4, -0.2) is 71.1 Å². The maximum absolute atomic E-state index is 13.0. The van der Waals surface area contributed by atoms with Crippen molar-refractivity contribution < 1.29 is 22.9 Å². The molecule has 1 fully saturated rings. The second-order valence-electron chi connectivity index (χ2n) is 7.55. The molecule has 12 heteroatoms. The highest BCUT2D eigenvalue weighted by Crippen LogP contribution is 2.22. The smallest absolute Gasteiger partial charge is 0.338 e. The number of piperazine rings is 1. The molecule has 2 heterocycles. The van der Waals surface area contributed by atoms with Crippen LogP contribution in [0.5, 0.6) is 0 Å². The Bertz CT molecular complexity index is 1280. The van der Waals surface area contributed by atoms with Crippen LogP contribution in [0.15, 0.2) is 53.6 Å². The predicted octanol–water partition coefficient (Wildman–Crippen LogP) is 2.09. The summed E-state index contributed by atoms with van der Waals surface area (Å²) >= 11 is 0. The minimum absolute atomic E-state index is 0.0103. The Morgan fingerprint density at radius 3 is 2.45 bits per heavy atom. The topological polar surface area (TPSA) is 128 Å². The minimum atomic E-state index is -3.68. The second-order valence-corrected chi connectivity index (χ2v) is 9.49. The lowest BCUT2D eigenvalue weighted by Crippen LogP contribution is -2.48. The molecule has 174 valence electrons. The number of nitro groups is 1. The highest BCUT2D eigenvalue weighted by Gasteiger charge is 2.29. The molecule has 1 aliphatic rings. The van der Waals surface area contributed by atoms with Gasteiger partial charge in [0.2, 0.25) is 10.0 Å². The number of carbonyl (C=O) groups is 1. The van der Waals surface area contributed by atoms with E-state index in [1.807, 2.05) is 0 Å². The molecule has 0 amide bonds. The van der Waals surface area contributed by atoms with Crippen LogP contribution >= 0.6 is 0 Å². The van der Waals surface area contributed by atoms with Crippen molar-refractivity contribution in [2.75, 3.05) is 32.8 Å². The summed E-state index contributed by atoms with van der Waals surface area (Å²) in [4.78, 5) is 24.5. The van der Waals surface area contributed by atoms with E-state index in [1.165, 1.54) is 40.7 Å². The van der Waals surface area contributed by atoms with Gasteiger partial charge in [-0.1, -0.05) is 0 Å². The third-order valence-corrected chi connectivity index (χ3v) is 7.42. The first-order valence-electron chi connectivity index (χ1n) is 10.4. The molecule has 0 atom stereocenters. The van der Waals surface area contributed by atoms with Crippen LogP contribution < -0.4 is 0 Å². The van der Waals surface area contributed by atoms with Crippen LogP contribution in [0, 0.1) is 10.1 Å². The number of sulfonamides is 1. The number of benzene rings is 2. The number of hydrogen-bond donors (Lipinski definition) is 0. The van der Waals surface area contributed by atoms with E-state index in [4.69, 9.17) is 4.74 Å². The average Bonchev–Trinajstić information content (AvgIpc) is 3.21. The molecule has 2 aromatic carbocycles. The molecule has 4 rings (SSSR count). The number of hydrogen-bond acceptors (Lipinski definition) is 8. The van der Waals surface area contributed by atoms with Crippen molar-refractivity contribution in [2.45, 2.75) is 18.5 Å². The largest absolute Gasteiger partial charge is 0.462 e. The first-order chi connectivity index (χ1) is 15.8. The maximum atomic E-state index is 13.0. The zero-order valence-corrected chi connectivity index (χ0v) is 18.8. The van der Waals surface area contributed by atoms with E-state index in [2.05, 4.69) is 10.00 Å². The Morgan fingerprint density at radius 1 is 1.12 bits per heavy atom. The lowest BCUT2D eigenvalue weighted by molar-refractivity contribution is -0.384. The zero-order chi connectivity index (χ0) is 23.6. The van der Waals surface area contributed by atoms with Crippen LogP contribution in [0.1, 0.15) is 17.3 Å². The van der Waals surface area contributed by atoms with Crippen LogP contribution in [0.25, 0.3) is 10.9 Å². The normalized spacial score (nSPS) is 15.5. The predicted molar refractivity (Wildman–Crippen MR) is 119 cm³/mol. The van der Waals surface area contributed by atoms with E-state index in [9.17, 15) is 23.3 Å². The number of esters is 1. The monoisotopic (exact) mass is 473 g/mol. The Hall–Kier alpha value is -3.35. The molecule has 1 aromatic heterocycles. The van der Waals surface area contributed by atoms with Crippen LogP contribution in [0.3, 0.4) is 0 Å². The number of ether oxygens (including phenoxy) is 1. The van der Waals surface area contributed by atoms with Crippen molar-refractivity contribution in [2.24, 2.45) is 0 Å². The number of carbonyl (C=O) groups excluding carboxylic acids is 1. The van der Waals surface area contributed by atoms with Crippen molar-refractivity contribution >= 4 is 32.6 Å². The first-order valence-corrected chi connectivity index (χ1v) is 11.8. The van der Waals surface area contributed by atoms with Gasteiger partial charge in [-0.05, 0) is 37.3 Å². The summed E-state index contributed by atoms with van der Waals surface area (Å²) in [5.41, 5.74) is 1.09. The van der Waals surface area contributed by atoms with E-state index in [1.54, 1.807) is 23.9 Å². The van der Waals surface area contributed by atoms with Gasteiger partial charge in [-0.15, -0.1) is 0 Å². The molecule has 0 aliphatic carbocycles. The van der Waals surface area contributed by atoms with Gasteiger partial charge in [0, 0.05) is 43.7 Å². The van der Waals surface area contributed by atoms with Crippen molar-refractivity contribution in [1.82, 2.24) is 19.0 Å². The van der Waals surface area contributed by atoms with E-state index in [-0.39, 0.29) is 17.2 Å². The number of non-ortho nitro benzene ring substituents is 1. The van der Waals surface area contributed by atoms with Gasteiger partial charge in [-0.2, -0.15) is 9.40 Å². The van der Waals surface area contributed by atoms with Gasteiger partial charge in [0.05, 0.1) is 40.4 Å². The Balaban J connectivity index is 1.40. The fourth-order valence-electron chi connectivity index (χ4n) is 3.73. The average molecular weight is 474 g/mol. The summed E-state index contributed by atoms with van der Waals surface area (Å²) in [5, 5.41) is 16.0. The highest BCUT2D eigenvalue weighted by atomic mass is 32.2. The first kappa shape index (κ1) is 22.8. The van der Waals surface area contributed by atoms with Crippen molar-refractivity contribution in [1.29, 1.82) is 0 Å². The molecular weight excluding hydrogens is 450 g/mol. The summed E-state index contributed by atoms with van der Waals surface area (Å²) in [7, 11) is -3.68. The molecule has 3 aromatic rings. The third kappa shape index (κ3) is 4.72. The van der Waals surface area contributed by atoms with Crippen LogP contribution in [0.2, 0.25) is 0 Å². The fourth-order valence-corrected chi connectivity index (χ4v) is 5.15. The summed E-state index contributed by atoms with van der Waals surface area (Å²) in [5.74, 6) is -0.490. The lowest BCUT2D eigenvalue weighted by Gasteiger charge is -2.33. The summed E-state index contributed by atoms with van der Waals surface area (Å²) in [6.07, 6.45) is 1.59. The SMILES string of the molecule is CCOC(=O)c1ccc(S(=O)(=O)N2CCN(Cn3ncc4cc([N+](=O)[O-])ccc43)CC2)cc1. The molecule has 11 nitrogen and oxygen atoms in total. The Labute approximate surface area is 190 Å². The quantitative estimate of drug-likeness (QED) is 0.290. The van der Waals surface area contributed by atoms with E-state index >= 15 is 0 Å². The molecule has 0 bridgehead atoms. The van der Waals surface area contributed by atoms with E-state index in [0.717, 1.165) is 5.52 Å². The second kappa shape index (κ2) is 9.25.